The van der Waals surface area contributed by atoms with Gasteiger partial charge in [-0.05, 0) is 30.9 Å². The first-order valence-corrected chi connectivity index (χ1v) is 11.7. The van der Waals surface area contributed by atoms with Crippen molar-refractivity contribution < 1.29 is 14.3 Å². The van der Waals surface area contributed by atoms with Crippen molar-refractivity contribution in [3.8, 4) is 0 Å². The van der Waals surface area contributed by atoms with Gasteiger partial charge in [0.2, 0.25) is 5.91 Å². The molecule has 1 aromatic heterocycles. The molecule has 7 heteroatoms. The smallest absolute Gasteiger partial charge is 0.250 e. The highest BCUT2D eigenvalue weighted by Crippen LogP contribution is 2.49. The quantitative estimate of drug-likeness (QED) is 0.725. The van der Waals surface area contributed by atoms with Crippen molar-refractivity contribution >= 4 is 5.91 Å². The lowest BCUT2D eigenvalue weighted by molar-refractivity contribution is -0.128. The van der Waals surface area contributed by atoms with Crippen LogP contribution in [-0.2, 0) is 17.9 Å². The highest BCUT2D eigenvalue weighted by atomic mass is 19.1. The van der Waals surface area contributed by atoms with Crippen LogP contribution in [0.1, 0.15) is 43.0 Å². The molecule has 3 aliphatic rings. The van der Waals surface area contributed by atoms with Gasteiger partial charge in [-0.15, -0.1) is 0 Å². The number of carbonyl (C=O) groups excluding carboxylic acids is 1. The van der Waals surface area contributed by atoms with Gasteiger partial charge in [0.05, 0.1) is 12.1 Å². The van der Waals surface area contributed by atoms with E-state index in [1.54, 1.807) is 34.9 Å². The Balaban J connectivity index is 1.45. The summed E-state index contributed by atoms with van der Waals surface area (Å²) in [4.78, 5) is 28.1. The van der Waals surface area contributed by atoms with Crippen molar-refractivity contribution in [1.29, 1.82) is 0 Å². The lowest BCUT2D eigenvalue weighted by atomic mass is 9.88. The maximum absolute atomic E-state index is 14.1. The molecule has 1 saturated carbocycles. The zero-order valence-electron chi connectivity index (χ0n) is 18.1. The van der Waals surface area contributed by atoms with Gasteiger partial charge in [0.25, 0.3) is 5.56 Å². The molecule has 2 N–H and O–H groups in total. The maximum Gasteiger partial charge on any atom is 0.250 e. The van der Waals surface area contributed by atoms with E-state index in [0.29, 0.717) is 18.0 Å². The van der Waals surface area contributed by atoms with Gasteiger partial charge in [-0.2, -0.15) is 0 Å². The van der Waals surface area contributed by atoms with Crippen LogP contribution in [0.5, 0.6) is 0 Å². The Bertz CT molecular complexity index is 1050. The molecule has 4 atom stereocenters. The van der Waals surface area contributed by atoms with E-state index in [0.717, 1.165) is 25.1 Å². The Morgan fingerprint density at radius 3 is 2.66 bits per heavy atom. The van der Waals surface area contributed by atoms with E-state index in [2.05, 4.69) is 10.2 Å². The fourth-order valence-corrected chi connectivity index (χ4v) is 6.19. The number of aliphatic hydroxyl groups excluding tert-OH is 1. The lowest BCUT2D eigenvalue weighted by Crippen LogP contribution is -2.49. The molecule has 1 aromatic carbocycles. The van der Waals surface area contributed by atoms with Gasteiger partial charge in [-0.25, -0.2) is 4.39 Å². The largest absolute Gasteiger partial charge is 0.396 e. The number of benzene rings is 1. The van der Waals surface area contributed by atoms with Crippen LogP contribution < -0.4 is 10.9 Å². The van der Waals surface area contributed by atoms with Crippen LogP contribution in [0.15, 0.2) is 47.3 Å². The molecule has 1 amide bonds. The maximum atomic E-state index is 14.1. The minimum absolute atomic E-state index is 0.000662. The molecule has 5 rings (SSSR count). The van der Waals surface area contributed by atoms with E-state index < -0.39 is 6.04 Å². The molecule has 32 heavy (non-hydrogen) atoms. The summed E-state index contributed by atoms with van der Waals surface area (Å²) in [5.74, 6) is -0.281. The number of nitrogens with zero attached hydrogens (tertiary/aromatic N) is 2. The molecule has 3 heterocycles. The predicted molar refractivity (Wildman–Crippen MR) is 118 cm³/mol. The minimum Gasteiger partial charge on any atom is -0.396 e. The Morgan fingerprint density at radius 2 is 1.91 bits per heavy atom. The highest BCUT2D eigenvalue weighted by molar-refractivity contribution is 5.82. The van der Waals surface area contributed by atoms with E-state index in [1.807, 2.05) is 6.07 Å². The number of carbonyl (C=O) groups is 1. The number of nitrogens with one attached hydrogen (secondary N) is 1. The second kappa shape index (κ2) is 8.79. The molecule has 170 valence electrons. The highest BCUT2D eigenvalue weighted by Gasteiger charge is 2.55. The molecule has 2 fully saturated rings. The normalized spacial score (nSPS) is 27.4. The number of aromatic nitrogens is 1. The van der Waals surface area contributed by atoms with Crippen molar-refractivity contribution in [2.24, 2.45) is 17.8 Å². The molecule has 0 spiro atoms. The molecule has 2 aromatic rings. The standard InChI is InChI=1S/C25H30FN3O3/c26-20-9-4-3-8-17(20)12-27-25(32)24-19(15-30)18-14-28-21(10-5-11-22(28)31)23(18)29(24)13-16-6-1-2-7-16/h3-5,8-11,16,18-19,23-24,30H,1-2,6-7,12-15H2,(H,27,32)/t18-,19-,23+,24-/m1/s1. The second-order valence-corrected chi connectivity index (χ2v) is 9.46. The van der Waals surface area contributed by atoms with E-state index >= 15 is 0 Å². The van der Waals surface area contributed by atoms with Crippen LogP contribution in [0.4, 0.5) is 4.39 Å². The van der Waals surface area contributed by atoms with E-state index in [4.69, 9.17) is 0 Å². The lowest BCUT2D eigenvalue weighted by Gasteiger charge is -2.32. The number of pyridine rings is 1. The molecule has 1 saturated heterocycles. The zero-order valence-corrected chi connectivity index (χ0v) is 18.1. The second-order valence-electron chi connectivity index (χ2n) is 9.46. The van der Waals surface area contributed by atoms with Crippen molar-refractivity contribution in [2.75, 3.05) is 13.2 Å². The number of halogens is 1. The number of fused-ring (bicyclic) bond motifs is 3. The summed E-state index contributed by atoms with van der Waals surface area (Å²) in [6.45, 7) is 1.29. The minimum atomic E-state index is -0.494. The Labute approximate surface area is 187 Å². The molecule has 6 nitrogen and oxygen atoms in total. The van der Waals surface area contributed by atoms with Gasteiger partial charge in [0, 0.05) is 55.4 Å². The summed E-state index contributed by atoms with van der Waals surface area (Å²) in [5.41, 5.74) is 1.34. The molecular formula is C25H30FN3O3. The first-order chi connectivity index (χ1) is 15.6. The van der Waals surface area contributed by atoms with Crippen LogP contribution in [0.3, 0.4) is 0 Å². The average Bonchev–Trinajstić information content (AvgIpc) is 3.50. The number of rotatable bonds is 6. The molecule has 1 aliphatic carbocycles. The van der Waals surface area contributed by atoms with Crippen molar-refractivity contribution in [2.45, 2.75) is 50.9 Å². The summed E-state index contributed by atoms with van der Waals surface area (Å²) < 4.78 is 15.9. The van der Waals surface area contributed by atoms with Crippen molar-refractivity contribution in [3.05, 3.63) is 69.9 Å². The van der Waals surface area contributed by atoms with Crippen LogP contribution in [0.2, 0.25) is 0 Å². The summed E-state index contributed by atoms with van der Waals surface area (Å²) in [6.07, 6.45) is 4.69. The van der Waals surface area contributed by atoms with Crippen molar-refractivity contribution in [1.82, 2.24) is 14.8 Å². The topological polar surface area (TPSA) is 74.6 Å². The monoisotopic (exact) mass is 439 g/mol. The van der Waals surface area contributed by atoms with Gasteiger partial charge < -0.3 is 15.0 Å². The summed E-state index contributed by atoms with van der Waals surface area (Å²) >= 11 is 0. The third-order valence-corrected chi connectivity index (χ3v) is 7.69. The third-order valence-electron chi connectivity index (χ3n) is 7.69. The number of amides is 1. The fraction of sp³-hybridized carbons (Fsp3) is 0.520. The number of hydrogen-bond donors (Lipinski definition) is 2. The van der Waals surface area contributed by atoms with Gasteiger partial charge in [-0.1, -0.05) is 37.1 Å². The van der Waals surface area contributed by atoms with Gasteiger partial charge in [0.15, 0.2) is 0 Å². The molecule has 2 aliphatic heterocycles. The Kier molecular flexibility index (Phi) is 5.86. The Hall–Kier alpha value is -2.51. The number of hydrogen-bond acceptors (Lipinski definition) is 4. The fourth-order valence-electron chi connectivity index (χ4n) is 6.19. The summed E-state index contributed by atoms with van der Waals surface area (Å²) in [5, 5.41) is 13.3. The molecule has 0 radical (unpaired) electrons. The first-order valence-electron chi connectivity index (χ1n) is 11.7. The summed E-state index contributed by atoms with van der Waals surface area (Å²) in [7, 11) is 0. The van der Waals surface area contributed by atoms with Crippen LogP contribution >= 0.6 is 0 Å². The molecule has 0 bridgehead atoms. The van der Waals surface area contributed by atoms with E-state index in [1.165, 1.54) is 18.9 Å². The van der Waals surface area contributed by atoms with Crippen LogP contribution in [0.25, 0.3) is 0 Å². The zero-order chi connectivity index (χ0) is 22.2. The average molecular weight is 440 g/mol. The molecule has 0 unspecified atom stereocenters. The third kappa shape index (κ3) is 3.67. The predicted octanol–water partition coefficient (Wildman–Crippen LogP) is 2.46. The van der Waals surface area contributed by atoms with Crippen LogP contribution in [0, 0.1) is 23.6 Å². The SMILES string of the molecule is O=C(NCc1ccccc1F)[C@H]1[C@H](CO)[C@H]2Cn3c(cccc3=O)[C@H]2N1CC1CCCC1. The van der Waals surface area contributed by atoms with E-state index in [-0.39, 0.29) is 48.3 Å². The number of aliphatic hydroxyl groups is 1. The van der Waals surface area contributed by atoms with Gasteiger partial charge in [-0.3, -0.25) is 14.5 Å². The first kappa shape index (κ1) is 21.3. The molecular weight excluding hydrogens is 409 g/mol. The van der Waals surface area contributed by atoms with E-state index in [9.17, 15) is 19.1 Å². The van der Waals surface area contributed by atoms with Crippen LogP contribution in [-0.4, -0.2) is 39.7 Å². The van der Waals surface area contributed by atoms with Gasteiger partial charge in [0.1, 0.15) is 5.82 Å². The Morgan fingerprint density at radius 1 is 1.12 bits per heavy atom. The summed E-state index contributed by atoms with van der Waals surface area (Å²) in [6, 6.07) is 11.2. The number of likely N-dealkylation sites (tertiary alicyclic amines) is 1. The van der Waals surface area contributed by atoms with Crippen molar-refractivity contribution in [3.63, 3.8) is 0 Å². The van der Waals surface area contributed by atoms with Gasteiger partial charge >= 0.3 is 0 Å².